The minimum atomic E-state index is 0. The van der Waals surface area contributed by atoms with Crippen LogP contribution in [0.3, 0.4) is 0 Å². The van der Waals surface area contributed by atoms with Gasteiger partial charge in [-0.3, -0.25) is 4.79 Å². The van der Waals surface area contributed by atoms with Crippen LogP contribution in [0.2, 0.25) is 0 Å². The number of fused-ring (bicyclic) bond motifs is 2. The molecule has 2 N–H and O–H groups in total. The molecule has 0 spiro atoms. The normalized spacial score (nSPS) is 13.3. The zero-order valence-electron chi connectivity index (χ0n) is 15.5. The maximum absolute atomic E-state index is 12.9. The fourth-order valence-electron chi connectivity index (χ4n) is 3.79. The van der Waals surface area contributed by atoms with E-state index in [-0.39, 0.29) is 18.3 Å². The lowest BCUT2D eigenvalue weighted by molar-refractivity contribution is -0.118. The summed E-state index contributed by atoms with van der Waals surface area (Å²) in [5.74, 6) is 0.713. The number of hydrogen-bond acceptors (Lipinski definition) is 5. The van der Waals surface area contributed by atoms with Crippen molar-refractivity contribution in [1.29, 1.82) is 0 Å². The van der Waals surface area contributed by atoms with Crippen LogP contribution in [0.15, 0.2) is 24.5 Å². The summed E-state index contributed by atoms with van der Waals surface area (Å²) in [6.45, 7) is 4.69. The maximum atomic E-state index is 12.9. The maximum Gasteiger partial charge on any atom is 0.252 e. The first-order chi connectivity index (χ1) is 12.6. The molecule has 0 unspecified atom stereocenters. The van der Waals surface area contributed by atoms with E-state index in [9.17, 15) is 4.79 Å². The number of aryl methyl sites for hydroxylation is 2. The lowest BCUT2D eigenvalue weighted by Crippen LogP contribution is -2.36. The minimum Gasteiger partial charge on any atom is -0.398 e. The Kier molecular flexibility index (Phi) is 5.32. The monoisotopic (exact) mass is 386 g/mol. The van der Waals surface area contributed by atoms with Crippen LogP contribution in [0.25, 0.3) is 5.78 Å². The molecule has 4 rings (SSSR count). The molecule has 0 saturated heterocycles. The highest BCUT2D eigenvalue weighted by Crippen LogP contribution is 2.31. The highest BCUT2D eigenvalue weighted by atomic mass is 35.5. The van der Waals surface area contributed by atoms with Gasteiger partial charge in [-0.15, -0.1) is 12.4 Å². The van der Waals surface area contributed by atoms with E-state index < -0.39 is 0 Å². The second-order valence-electron chi connectivity index (χ2n) is 6.73. The van der Waals surface area contributed by atoms with E-state index in [0.29, 0.717) is 18.6 Å². The van der Waals surface area contributed by atoms with Gasteiger partial charge < -0.3 is 10.6 Å². The highest BCUT2D eigenvalue weighted by Gasteiger charge is 2.24. The summed E-state index contributed by atoms with van der Waals surface area (Å²) in [5, 5.41) is 4.21. The second-order valence-corrected chi connectivity index (χ2v) is 6.73. The third-order valence-electron chi connectivity index (χ3n) is 5.17. The summed E-state index contributed by atoms with van der Waals surface area (Å²) in [4.78, 5) is 23.4. The molecule has 2 aromatic heterocycles. The van der Waals surface area contributed by atoms with E-state index >= 15 is 0 Å². The van der Waals surface area contributed by atoms with Crippen molar-refractivity contribution in [3.8, 4) is 0 Å². The molecule has 0 fully saturated rings. The quantitative estimate of drug-likeness (QED) is 0.699. The van der Waals surface area contributed by atoms with Crippen LogP contribution < -0.4 is 10.6 Å². The van der Waals surface area contributed by atoms with Gasteiger partial charge in [0, 0.05) is 35.7 Å². The molecule has 8 heteroatoms. The predicted molar refractivity (Wildman–Crippen MR) is 107 cm³/mol. The van der Waals surface area contributed by atoms with Gasteiger partial charge in [0.15, 0.2) is 0 Å². The average Bonchev–Trinajstić information content (AvgIpc) is 3.10. The number of rotatable bonds is 3. The molecule has 0 saturated carbocycles. The van der Waals surface area contributed by atoms with Crippen molar-refractivity contribution in [2.45, 2.75) is 39.5 Å². The number of nitrogens with zero attached hydrogens (tertiary/aromatic N) is 5. The van der Waals surface area contributed by atoms with Crippen molar-refractivity contribution < 1.29 is 4.79 Å². The Hall–Kier alpha value is -2.67. The number of carbonyl (C=O) groups excluding carboxylic acids is 1. The number of halogens is 1. The molecule has 1 aliphatic rings. The van der Waals surface area contributed by atoms with Gasteiger partial charge in [-0.1, -0.05) is 6.07 Å². The molecule has 27 heavy (non-hydrogen) atoms. The SMILES string of the molecule is Cc1nc2ncnn2c(C)c1CCC(=O)N1CCCc2c(N)cccc21.Cl. The smallest absolute Gasteiger partial charge is 0.252 e. The van der Waals surface area contributed by atoms with E-state index in [2.05, 4.69) is 15.1 Å². The summed E-state index contributed by atoms with van der Waals surface area (Å²) in [5.41, 5.74) is 11.9. The van der Waals surface area contributed by atoms with Crippen molar-refractivity contribution in [2.24, 2.45) is 0 Å². The van der Waals surface area contributed by atoms with Crippen LogP contribution in [0, 0.1) is 13.8 Å². The van der Waals surface area contributed by atoms with Gasteiger partial charge in [0.1, 0.15) is 6.33 Å². The molecule has 1 amide bonds. The average molecular weight is 387 g/mol. The molecule has 0 radical (unpaired) electrons. The second kappa shape index (κ2) is 7.52. The van der Waals surface area contributed by atoms with E-state index in [1.165, 1.54) is 6.33 Å². The molecule has 1 aromatic carbocycles. The topological polar surface area (TPSA) is 89.4 Å². The summed E-state index contributed by atoms with van der Waals surface area (Å²) >= 11 is 0. The molecule has 3 aromatic rings. The first-order valence-electron chi connectivity index (χ1n) is 8.90. The Balaban J connectivity index is 0.00000210. The minimum absolute atomic E-state index is 0. The number of carbonyl (C=O) groups is 1. The van der Waals surface area contributed by atoms with Crippen molar-refractivity contribution in [3.05, 3.63) is 47.0 Å². The van der Waals surface area contributed by atoms with Gasteiger partial charge in [0.2, 0.25) is 5.91 Å². The molecule has 3 heterocycles. The van der Waals surface area contributed by atoms with Crippen molar-refractivity contribution in [3.63, 3.8) is 0 Å². The number of nitrogens with two attached hydrogens (primary N) is 1. The molecule has 0 atom stereocenters. The zero-order chi connectivity index (χ0) is 18.3. The lowest BCUT2D eigenvalue weighted by atomic mass is 9.99. The van der Waals surface area contributed by atoms with E-state index in [0.717, 1.165) is 53.3 Å². The number of benzene rings is 1. The van der Waals surface area contributed by atoms with Crippen molar-refractivity contribution >= 4 is 35.5 Å². The van der Waals surface area contributed by atoms with Crippen LogP contribution in [0.4, 0.5) is 11.4 Å². The highest BCUT2D eigenvalue weighted by molar-refractivity contribution is 5.95. The molecule has 0 bridgehead atoms. The molecule has 142 valence electrons. The van der Waals surface area contributed by atoms with E-state index in [1.54, 1.807) is 4.52 Å². The fraction of sp³-hybridized carbons (Fsp3) is 0.368. The van der Waals surface area contributed by atoms with Crippen molar-refractivity contribution in [2.75, 3.05) is 17.2 Å². The van der Waals surface area contributed by atoms with Crippen LogP contribution in [-0.2, 0) is 17.6 Å². The van der Waals surface area contributed by atoms with E-state index in [4.69, 9.17) is 5.73 Å². The van der Waals surface area contributed by atoms with Gasteiger partial charge in [0.05, 0.1) is 0 Å². The fourth-order valence-corrected chi connectivity index (χ4v) is 3.79. The van der Waals surface area contributed by atoms with Gasteiger partial charge >= 0.3 is 0 Å². The number of nitrogen functional groups attached to an aromatic ring is 1. The summed E-state index contributed by atoms with van der Waals surface area (Å²) in [6.07, 6.45) is 4.43. The molecular weight excluding hydrogens is 364 g/mol. The first-order valence-corrected chi connectivity index (χ1v) is 8.90. The Bertz CT molecular complexity index is 999. The third-order valence-corrected chi connectivity index (χ3v) is 5.17. The number of hydrogen-bond donors (Lipinski definition) is 1. The van der Waals surface area contributed by atoms with Crippen LogP contribution >= 0.6 is 12.4 Å². The summed E-state index contributed by atoms with van der Waals surface area (Å²) in [7, 11) is 0. The molecule has 1 aliphatic heterocycles. The molecule has 7 nitrogen and oxygen atoms in total. The molecule has 0 aliphatic carbocycles. The molecular formula is C19H23ClN6O. The first kappa shape index (κ1) is 19.1. The van der Waals surface area contributed by atoms with Gasteiger partial charge in [0.25, 0.3) is 5.78 Å². The number of aromatic nitrogens is 4. The van der Waals surface area contributed by atoms with Crippen molar-refractivity contribution in [1.82, 2.24) is 19.6 Å². The predicted octanol–water partition coefficient (Wildman–Crippen LogP) is 2.66. The van der Waals surface area contributed by atoms with E-state index in [1.807, 2.05) is 36.9 Å². The Morgan fingerprint density at radius 2 is 2.11 bits per heavy atom. The van der Waals surface area contributed by atoms with Gasteiger partial charge in [-0.05, 0) is 56.4 Å². The van der Waals surface area contributed by atoms with Crippen LogP contribution in [0.1, 0.15) is 35.4 Å². The number of amides is 1. The largest absolute Gasteiger partial charge is 0.398 e. The Labute approximate surface area is 164 Å². The standard InChI is InChI=1S/C19H22N6O.ClH/c1-12-14(13(2)25-19(23-12)21-11-22-25)8-9-18(26)24-10-4-5-15-16(20)6-3-7-17(15)24;/h3,6-7,11H,4-5,8-10,20H2,1-2H3;1H. The lowest BCUT2D eigenvalue weighted by Gasteiger charge is -2.30. The Morgan fingerprint density at radius 3 is 2.93 bits per heavy atom. The summed E-state index contributed by atoms with van der Waals surface area (Å²) in [6, 6.07) is 5.80. The van der Waals surface area contributed by atoms with Gasteiger partial charge in [-0.2, -0.15) is 10.1 Å². The Morgan fingerprint density at radius 1 is 1.30 bits per heavy atom. The van der Waals surface area contributed by atoms with Gasteiger partial charge in [-0.25, -0.2) is 9.50 Å². The zero-order valence-corrected chi connectivity index (χ0v) is 16.3. The number of anilines is 2. The third kappa shape index (κ3) is 3.35. The van der Waals surface area contributed by atoms with Crippen LogP contribution in [-0.4, -0.2) is 32.0 Å². The van der Waals surface area contributed by atoms with Crippen LogP contribution in [0.5, 0.6) is 0 Å². The summed E-state index contributed by atoms with van der Waals surface area (Å²) < 4.78 is 1.73.